The predicted octanol–water partition coefficient (Wildman–Crippen LogP) is 5.62. The molecule has 0 aliphatic heterocycles. The van der Waals surface area contributed by atoms with E-state index < -0.39 is 11.9 Å². The smallest absolute Gasteiger partial charge is 0.336 e. The minimum Gasteiger partial charge on any atom is -0.497 e. The molecule has 0 saturated heterocycles. The molecule has 5 nitrogen and oxygen atoms in total. The lowest BCUT2D eigenvalue weighted by Gasteiger charge is -2.20. The third-order valence-corrected chi connectivity index (χ3v) is 5.35. The number of methoxy groups -OCH3 is 2. The van der Waals surface area contributed by atoms with Crippen molar-refractivity contribution < 1.29 is 18.7 Å². The lowest BCUT2D eigenvalue weighted by Crippen LogP contribution is -2.16. The third kappa shape index (κ3) is 4.34. The van der Waals surface area contributed by atoms with Crippen molar-refractivity contribution >= 4 is 22.6 Å². The summed E-state index contributed by atoms with van der Waals surface area (Å²) in [4.78, 5) is 16.2. The van der Waals surface area contributed by atoms with Gasteiger partial charge in [-0.05, 0) is 53.6 Å². The first-order valence-electron chi connectivity index (χ1n) is 10.1. The van der Waals surface area contributed by atoms with Crippen LogP contribution in [0, 0.1) is 5.82 Å². The van der Waals surface area contributed by atoms with E-state index in [0.717, 1.165) is 33.5 Å². The number of halogens is 1. The standard InChI is InChI=1S/C26H23FN2O3/c1-31-20-13-11-19(12-14-20)28-16-23(26(30)32-2)25(17-7-9-18(27)10-8-17)22-15-29-24-6-4-3-5-21(22)24/h3-16,25,28-29H,1-2H3/b23-16-. The molecule has 4 aromatic rings. The van der Waals surface area contributed by atoms with Crippen molar-refractivity contribution in [3.05, 3.63) is 108 Å². The second kappa shape index (κ2) is 9.39. The Labute approximate surface area is 185 Å². The zero-order chi connectivity index (χ0) is 22.5. The molecular formula is C26H23FN2O3. The van der Waals surface area contributed by atoms with Crippen LogP contribution in [0.15, 0.2) is 90.8 Å². The third-order valence-electron chi connectivity index (χ3n) is 5.35. The van der Waals surface area contributed by atoms with E-state index in [4.69, 9.17) is 9.47 Å². The SMILES string of the molecule is COC(=O)/C(=C\Nc1ccc(OC)cc1)C(c1ccc(F)cc1)c1c[nH]c2ccccc12. The molecule has 0 saturated carbocycles. The minimum absolute atomic E-state index is 0.341. The lowest BCUT2D eigenvalue weighted by atomic mass is 9.85. The molecule has 6 heteroatoms. The zero-order valence-corrected chi connectivity index (χ0v) is 17.8. The van der Waals surface area contributed by atoms with Gasteiger partial charge in [0, 0.05) is 34.9 Å². The van der Waals surface area contributed by atoms with Gasteiger partial charge in [0.2, 0.25) is 0 Å². The van der Waals surface area contributed by atoms with E-state index in [1.165, 1.54) is 19.2 Å². The van der Waals surface area contributed by atoms with Crippen LogP contribution in [0.1, 0.15) is 17.0 Å². The fourth-order valence-corrected chi connectivity index (χ4v) is 3.74. The highest BCUT2D eigenvalue weighted by molar-refractivity contribution is 5.94. The number of carbonyl (C=O) groups excluding carboxylic acids is 1. The van der Waals surface area contributed by atoms with Crippen molar-refractivity contribution in [2.75, 3.05) is 19.5 Å². The van der Waals surface area contributed by atoms with Crippen LogP contribution >= 0.6 is 0 Å². The van der Waals surface area contributed by atoms with Crippen molar-refractivity contribution in [1.29, 1.82) is 0 Å². The van der Waals surface area contributed by atoms with E-state index >= 15 is 0 Å². The van der Waals surface area contributed by atoms with E-state index in [9.17, 15) is 9.18 Å². The number of ether oxygens (including phenoxy) is 2. The van der Waals surface area contributed by atoms with Crippen LogP contribution < -0.4 is 10.1 Å². The molecule has 0 spiro atoms. The first-order valence-corrected chi connectivity index (χ1v) is 10.1. The van der Waals surface area contributed by atoms with E-state index in [2.05, 4.69) is 10.3 Å². The monoisotopic (exact) mass is 430 g/mol. The van der Waals surface area contributed by atoms with Crippen LogP contribution in [-0.4, -0.2) is 25.2 Å². The summed E-state index contributed by atoms with van der Waals surface area (Å²) in [6.07, 6.45) is 3.52. The first kappa shape index (κ1) is 21.2. The van der Waals surface area contributed by atoms with Crippen molar-refractivity contribution in [2.45, 2.75) is 5.92 Å². The fraction of sp³-hybridized carbons (Fsp3) is 0.115. The summed E-state index contributed by atoms with van der Waals surface area (Å²) in [6.45, 7) is 0. The molecule has 0 fully saturated rings. The molecule has 0 amide bonds. The molecule has 1 heterocycles. The van der Waals surface area contributed by atoms with Gasteiger partial charge in [-0.25, -0.2) is 9.18 Å². The topological polar surface area (TPSA) is 63.4 Å². The number of benzene rings is 3. The molecule has 1 atom stereocenters. The van der Waals surface area contributed by atoms with Gasteiger partial charge < -0.3 is 19.8 Å². The van der Waals surface area contributed by atoms with Gasteiger partial charge in [0.1, 0.15) is 11.6 Å². The fourth-order valence-electron chi connectivity index (χ4n) is 3.74. The van der Waals surface area contributed by atoms with E-state index in [1.807, 2.05) is 54.7 Å². The average molecular weight is 430 g/mol. The number of H-pyrrole nitrogens is 1. The van der Waals surface area contributed by atoms with E-state index in [0.29, 0.717) is 5.57 Å². The Morgan fingerprint density at radius 2 is 1.72 bits per heavy atom. The van der Waals surface area contributed by atoms with E-state index in [-0.39, 0.29) is 5.82 Å². The Hall–Kier alpha value is -4.06. The number of hydrogen-bond acceptors (Lipinski definition) is 4. The Bertz CT molecular complexity index is 1240. The number of nitrogens with one attached hydrogen (secondary N) is 2. The van der Waals surface area contributed by atoms with Crippen molar-refractivity contribution in [1.82, 2.24) is 4.98 Å². The number of esters is 1. The summed E-state index contributed by atoms with van der Waals surface area (Å²) < 4.78 is 24.0. The summed E-state index contributed by atoms with van der Waals surface area (Å²) in [5, 5.41) is 4.15. The molecule has 0 radical (unpaired) electrons. The number of para-hydroxylation sites is 1. The molecule has 3 aromatic carbocycles. The quantitative estimate of drug-likeness (QED) is 0.295. The maximum Gasteiger partial charge on any atom is 0.336 e. The highest BCUT2D eigenvalue weighted by atomic mass is 19.1. The Balaban J connectivity index is 1.83. The Morgan fingerprint density at radius 1 is 1.00 bits per heavy atom. The molecule has 0 aliphatic rings. The number of aromatic amines is 1. The molecule has 4 rings (SSSR count). The normalized spacial score (nSPS) is 12.4. The number of aromatic nitrogens is 1. The van der Waals surface area contributed by atoms with Gasteiger partial charge in [-0.15, -0.1) is 0 Å². The van der Waals surface area contributed by atoms with Gasteiger partial charge >= 0.3 is 5.97 Å². The maximum atomic E-state index is 13.7. The van der Waals surface area contributed by atoms with Gasteiger partial charge in [-0.3, -0.25) is 0 Å². The Morgan fingerprint density at radius 3 is 2.41 bits per heavy atom. The van der Waals surface area contributed by atoms with Gasteiger partial charge in [-0.2, -0.15) is 0 Å². The second-order valence-corrected chi connectivity index (χ2v) is 7.24. The molecule has 162 valence electrons. The summed E-state index contributed by atoms with van der Waals surface area (Å²) in [5.41, 5.74) is 3.77. The van der Waals surface area contributed by atoms with Crippen molar-refractivity contribution in [3.8, 4) is 5.75 Å². The summed E-state index contributed by atoms with van der Waals surface area (Å²) in [5.74, 6) is -0.572. The highest BCUT2D eigenvalue weighted by Crippen LogP contribution is 2.37. The van der Waals surface area contributed by atoms with Crippen molar-refractivity contribution in [3.63, 3.8) is 0 Å². The van der Waals surface area contributed by atoms with Gasteiger partial charge in [0.15, 0.2) is 0 Å². The lowest BCUT2D eigenvalue weighted by molar-refractivity contribution is -0.136. The highest BCUT2D eigenvalue weighted by Gasteiger charge is 2.27. The molecule has 1 unspecified atom stereocenters. The predicted molar refractivity (Wildman–Crippen MR) is 123 cm³/mol. The number of anilines is 1. The Kier molecular flexibility index (Phi) is 6.22. The molecule has 2 N–H and O–H groups in total. The summed E-state index contributed by atoms with van der Waals surface area (Å²) in [7, 11) is 2.95. The number of carbonyl (C=O) groups is 1. The van der Waals surface area contributed by atoms with Gasteiger partial charge in [0.25, 0.3) is 0 Å². The number of hydrogen-bond donors (Lipinski definition) is 2. The van der Waals surface area contributed by atoms with Crippen LogP contribution in [0.4, 0.5) is 10.1 Å². The van der Waals surface area contributed by atoms with Crippen LogP contribution in [0.3, 0.4) is 0 Å². The zero-order valence-electron chi connectivity index (χ0n) is 17.8. The van der Waals surface area contributed by atoms with Crippen LogP contribution in [-0.2, 0) is 9.53 Å². The first-order chi connectivity index (χ1) is 15.6. The molecule has 32 heavy (non-hydrogen) atoms. The molecule has 0 bridgehead atoms. The summed E-state index contributed by atoms with van der Waals surface area (Å²) in [6, 6.07) is 21.4. The van der Waals surface area contributed by atoms with Crippen LogP contribution in [0.2, 0.25) is 0 Å². The number of fused-ring (bicyclic) bond motifs is 1. The average Bonchev–Trinajstić information content (AvgIpc) is 3.26. The second-order valence-electron chi connectivity index (χ2n) is 7.24. The van der Waals surface area contributed by atoms with Crippen LogP contribution in [0.25, 0.3) is 10.9 Å². The van der Waals surface area contributed by atoms with Crippen molar-refractivity contribution in [2.24, 2.45) is 0 Å². The largest absolute Gasteiger partial charge is 0.497 e. The van der Waals surface area contributed by atoms with Crippen LogP contribution in [0.5, 0.6) is 5.75 Å². The van der Waals surface area contributed by atoms with E-state index in [1.54, 1.807) is 25.4 Å². The summed E-state index contributed by atoms with van der Waals surface area (Å²) >= 11 is 0. The molecule has 1 aromatic heterocycles. The molecular weight excluding hydrogens is 407 g/mol. The molecule has 0 aliphatic carbocycles. The van der Waals surface area contributed by atoms with Gasteiger partial charge in [-0.1, -0.05) is 30.3 Å². The maximum absolute atomic E-state index is 13.7. The number of rotatable bonds is 7. The minimum atomic E-state index is -0.482. The van der Waals surface area contributed by atoms with Gasteiger partial charge in [0.05, 0.1) is 19.8 Å².